The second kappa shape index (κ2) is 6.17. The second-order valence-corrected chi connectivity index (χ2v) is 7.42. The molecule has 0 heterocycles. The van der Waals surface area contributed by atoms with Gasteiger partial charge in [0, 0.05) is 15.5 Å². The lowest BCUT2D eigenvalue weighted by Gasteiger charge is -2.31. The van der Waals surface area contributed by atoms with Crippen LogP contribution in [0.2, 0.25) is 5.02 Å². The Labute approximate surface area is 140 Å². The average molecular weight is 421 g/mol. The van der Waals surface area contributed by atoms with Crippen LogP contribution in [-0.4, -0.2) is 0 Å². The van der Waals surface area contributed by atoms with E-state index in [-0.39, 0.29) is 16.1 Å². The van der Waals surface area contributed by atoms with Crippen LogP contribution < -0.4 is 0 Å². The monoisotopic (exact) mass is 418 g/mol. The van der Waals surface area contributed by atoms with Crippen LogP contribution in [0.15, 0.2) is 46.9 Å². The summed E-state index contributed by atoms with van der Waals surface area (Å²) in [6, 6.07) is 13.1. The summed E-state index contributed by atoms with van der Waals surface area (Å²) in [7, 11) is 0. The van der Waals surface area contributed by atoms with Crippen LogP contribution in [0.25, 0.3) is 0 Å². The van der Waals surface area contributed by atoms with Gasteiger partial charge in [-0.25, -0.2) is 4.39 Å². The highest BCUT2D eigenvalue weighted by Gasteiger charge is 2.32. The second-order valence-electron chi connectivity index (χ2n) is 5.24. The molecule has 0 bridgehead atoms. The molecule has 106 valence electrons. The van der Waals surface area contributed by atoms with E-state index in [0.717, 1.165) is 5.56 Å². The van der Waals surface area contributed by atoms with Crippen LogP contribution in [0.1, 0.15) is 29.8 Å². The van der Waals surface area contributed by atoms with E-state index in [0.29, 0.717) is 15.1 Å². The molecule has 0 aliphatic rings. The van der Waals surface area contributed by atoms with E-state index in [1.54, 1.807) is 6.07 Å². The van der Waals surface area contributed by atoms with E-state index in [1.807, 2.05) is 30.3 Å². The van der Waals surface area contributed by atoms with Gasteiger partial charge in [0.1, 0.15) is 5.82 Å². The first-order chi connectivity index (χ1) is 9.34. The van der Waals surface area contributed by atoms with Gasteiger partial charge in [0.2, 0.25) is 0 Å². The highest BCUT2D eigenvalue weighted by molar-refractivity contribution is 9.10. The van der Waals surface area contributed by atoms with Gasteiger partial charge in [0.15, 0.2) is 0 Å². The van der Waals surface area contributed by atoms with Crippen molar-refractivity contribution in [3.05, 3.63) is 68.9 Å². The Balaban J connectivity index is 2.45. The molecular formula is C16H14Br2ClF. The van der Waals surface area contributed by atoms with Crippen molar-refractivity contribution in [2.75, 3.05) is 0 Å². The first kappa shape index (κ1) is 16.0. The van der Waals surface area contributed by atoms with Crippen molar-refractivity contribution in [2.24, 2.45) is 0 Å². The number of hydrogen-bond donors (Lipinski definition) is 0. The number of hydrogen-bond acceptors (Lipinski definition) is 0. The molecular weight excluding hydrogens is 406 g/mol. The Morgan fingerprint density at radius 3 is 2.35 bits per heavy atom. The van der Waals surface area contributed by atoms with Crippen LogP contribution in [-0.2, 0) is 5.41 Å². The molecule has 2 rings (SSSR count). The van der Waals surface area contributed by atoms with Gasteiger partial charge >= 0.3 is 0 Å². The van der Waals surface area contributed by atoms with Crippen LogP contribution in [0.4, 0.5) is 4.39 Å². The fraction of sp³-hybridized carbons (Fsp3) is 0.250. The van der Waals surface area contributed by atoms with Gasteiger partial charge in [-0.3, -0.25) is 0 Å². The largest absolute Gasteiger partial charge is 0.207 e. The van der Waals surface area contributed by atoms with Crippen molar-refractivity contribution in [1.29, 1.82) is 0 Å². The van der Waals surface area contributed by atoms with Gasteiger partial charge in [-0.05, 0) is 33.6 Å². The van der Waals surface area contributed by atoms with E-state index in [9.17, 15) is 4.39 Å². The quantitative estimate of drug-likeness (QED) is 0.385. The molecule has 0 nitrogen and oxygen atoms in total. The molecule has 20 heavy (non-hydrogen) atoms. The predicted octanol–water partition coefficient (Wildman–Crippen LogP) is 6.66. The zero-order valence-electron chi connectivity index (χ0n) is 11.1. The van der Waals surface area contributed by atoms with Gasteiger partial charge in [-0.1, -0.05) is 71.7 Å². The standard InChI is InChI=1S/C16H14Br2ClF/c1-16(2,10-6-4-3-5-7-10)15(18)11-8-13(19)12(17)9-14(11)20/h3-9,15H,1-2H3. The lowest BCUT2D eigenvalue weighted by atomic mass is 9.79. The zero-order valence-corrected chi connectivity index (χ0v) is 15.1. The zero-order chi connectivity index (χ0) is 14.9. The Morgan fingerprint density at radius 2 is 1.75 bits per heavy atom. The summed E-state index contributed by atoms with van der Waals surface area (Å²) in [5, 5.41) is 0.509. The Morgan fingerprint density at radius 1 is 1.15 bits per heavy atom. The maximum absolute atomic E-state index is 14.2. The molecule has 0 spiro atoms. The molecule has 0 saturated carbocycles. The van der Waals surface area contributed by atoms with Gasteiger partial charge in [0.25, 0.3) is 0 Å². The number of alkyl halides is 1. The molecule has 1 unspecified atom stereocenters. The summed E-state index contributed by atoms with van der Waals surface area (Å²) >= 11 is 13.0. The van der Waals surface area contributed by atoms with Gasteiger partial charge in [0.05, 0.1) is 9.85 Å². The van der Waals surface area contributed by atoms with Crippen LogP contribution >= 0.6 is 43.5 Å². The summed E-state index contributed by atoms with van der Waals surface area (Å²) in [5.74, 6) is -0.271. The maximum atomic E-state index is 14.2. The fourth-order valence-corrected chi connectivity index (χ4v) is 3.24. The minimum atomic E-state index is -0.271. The van der Waals surface area contributed by atoms with Crippen molar-refractivity contribution in [3.63, 3.8) is 0 Å². The van der Waals surface area contributed by atoms with Gasteiger partial charge in [-0.2, -0.15) is 0 Å². The predicted molar refractivity (Wildman–Crippen MR) is 90.2 cm³/mol. The number of halogens is 4. The molecule has 0 saturated heterocycles. The van der Waals surface area contributed by atoms with Gasteiger partial charge in [-0.15, -0.1) is 0 Å². The van der Waals surface area contributed by atoms with Gasteiger partial charge < -0.3 is 0 Å². The smallest absolute Gasteiger partial charge is 0.128 e. The van der Waals surface area contributed by atoms with Crippen molar-refractivity contribution < 1.29 is 4.39 Å². The van der Waals surface area contributed by atoms with Crippen molar-refractivity contribution in [2.45, 2.75) is 24.1 Å². The lowest BCUT2D eigenvalue weighted by molar-refractivity contribution is 0.496. The number of rotatable bonds is 3. The van der Waals surface area contributed by atoms with E-state index in [4.69, 9.17) is 11.6 Å². The van der Waals surface area contributed by atoms with Crippen molar-refractivity contribution in [3.8, 4) is 0 Å². The SMILES string of the molecule is CC(C)(c1ccccc1)C(Br)c1cc(Cl)c(Br)cc1F. The molecule has 0 amide bonds. The Hall–Kier alpha value is -0.380. The molecule has 2 aromatic carbocycles. The molecule has 0 aromatic heterocycles. The van der Waals surface area contributed by atoms with Crippen LogP contribution in [0, 0.1) is 5.82 Å². The Bertz CT molecular complexity index is 611. The molecule has 0 aliphatic heterocycles. The summed E-state index contributed by atoms with van der Waals surface area (Å²) in [6.45, 7) is 4.16. The molecule has 1 atom stereocenters. The van der Waals surface area contributed by atoms with Crippen molar-refractivity contribution >= 4 is 43.5 Å². The third kappa shape index (κ3) is 3.10. The normalized spacial score (nSPS) is 13.3. The van der Waals surface area contributed by atoms with E-state index in [2.05, 4.69) is 45.7 Å². The summed E-state index contributed by atoms with van der Waals surface area (Å²) in [4.78, 5) is -0.178. The first-order valence-electron chi connectivity index (χ1n) is 6.18. The lowest BCUT2D eigenvalue weighted by Crippen LogP contribution is -2.23. The highest BCUT2D eigenvalue weighted by atomic mass is 79.9. The summed E-state index contributed by atoms with van der Waals surface area (Å²) in [6.07, 6.45) is 0. The molecule has 2 aromatic rings. The van der Waals surface area contributed by atoms with E-state index in [1.165, 1.54) is 6.07 Å². The van der Waals surface area contributed by atoms with E-state index < -0.39 is 0 Å². The maximum Gasteiger partial charge on any atom is 0.128 e. The molecule has 4 heteroatoms. The summed E-state index contributed by atoms with van der Waals surface area (Å²) < 4.78 is 14.8. The highest BCUT2D eigenvalue weighted by Crippen LogP contribution is 2.45. The third-order valence-corrected chi connectivity index (χ3v) is 6.30. The minimum Gasteiger partial charge on any atom is -0.207 e. The number of benzene rings is 2. The molecule has 0 aliphatic carbocycles. The topological polar surface area (TPSA) is 0 Å². The molecule has 0 fully saturated rings. The molecule has 0 N–H and O–H groups in total. The first-order valence-corrected chi connectivity index (χ1v) is 8.26. The van der Waals surface area contributed by atoms with Crippen LogP contribution in [0.5, 0.6) is 0 Å². The summed E-state index contributed by atoms with van der Waals surface area (Å²) in [5.41, 5.74) is 1.44. The Kier molecular flexibility index (Phi) is 4.93. The molecule has 0 radical (unpaired) electrons. The van der Waals surface area contributed by atoms with E-state index >= 15 is 0 Å². The average Bonchev–Trinajstić information content (AvgIpc) is 2.43. The van der Waals surface area contributed by atoms with Crippen molar-refractivity contribution in [1.82, 2.24) is 0 Å². The third-order valence-electron chi connectivity index (χ3n) is 3.46. The fourth-order valence-electron chi connectivity index (χ4n) is 2.13. The minimum absolute atomic E-state index is 0.178. The van der Waals surface area contributed by atoms with Crippen LogP contribution in [0.3, 0.4) is 0 Å².